The molecule has 1 saturated carbocycles. The number of nitrogens with zero attached hydrogens (tertiary/aromatic N) is 5. The molecule has 1 aliphatic rings. The molecule has 3 aromatic heterocycles. The molecule has 0 aromatic carbocycles. The summed E-state index contributed by atoms with van der Waals surface area (Å²) in [5.74, 6) is 1.58. The first-order valence-corrected chi connectivity index (χ1v) is 9.94. The van der Waals surface area contributed by atoms with Gasteiger partial charge in [-0.25, -0.2) is 9.97 Å². The fraction of sp³-hybridized carbons (Fsp3) is 0.318. The number of pyridine rings is 2. The van der Waals surface area contributed by atoms with E-state index in [1.165, 1.54) is 22.9 Å². The molecule has 3 heterocycles. The fourth-order valence-corrected chi connectivity index (χ4v) is 3.64. The number of nitrogens with one attached hydrogen (secondary N) is 2. The number of nitriles is 1. The highest BCUT2D eigenvalue weighted by atomic mass is 16.1. The van der Waals surface area contributed by atoms with Gasteiger partial charge in [-0.15, -0.1) is 0 Å². The molecule has 0 amide bonds. The van der Waals surface area contributed by atoms with Crippen molar-refractivity contribution < 1.29 is 2.85 Å². The van der Waals surface area contributed by atoms with Gasteiger partial charge in [0.15, 0.2) is 0 Å². The Morgan fingerprint density at radius 1 is 1.03 bits per heavy atom. The van der Waals surface area contributed by atoms with Crippen molar-refractivity contribution in [1.29, 1.82) is 5.26 Å². The van der Waals surface area contributed by atoms with Crippen molar-refractivity contribution >= 4 is 11.6 Å². The minimum absolute atomic E-state index is 0. The average Bonchev–Trinajstić information content (AvgIpc) is 3.18. The SMILES string of the molecule is Cc1ncc(N[C@H]2CC[C@H](Nc3ccc(-n4cc(C#N)ccc4=O)cn3)C2)nc1C.[HH].[HH]. The molecule has 1 aliphatic carbocycles. The third-order valence-electron chi connectivity index (χ3n) is 5.40. The molecule has 0 saturated heterocycles. The minimum Gasteiger partial charge on any atom is -0.367 e. The summed E-state index contributed by atoms with van der Waals surface area (Å²) in [5, 5.41) is 16.0. The van der Waals surface area contributed by atoms with Crippen LogP contribution in [0.3, 0.4) is 0 Å². The highest BCUT2D eigenvalue weighted by molar-refractivity contribution is 5.43. The van der Waals surface area contributed by atoms with Gasteiger partial charge >= 0.3 is 0 Å². The molecule has 0 unspecified atom stereocenters. The molecular formula is C22H27N7O. The molecule has 2 N–H and O–H groups in total. The van der Waals surface area contributed by atoms with E-state index >= 15 is 0 Å². The number of aryl methyl sites for hydroxylation is 2. The standard InChI is InChI=1S/C22H23N7O.2H2/c1-14-15(2)26-21(12-24-14)28-18-5-4-17(9-18)27-20-7-6-19(11-25-20)29-13-16(10-23)3-8-22(29)30;;/h3,6-8,11-13,17-18H,4-5,9H2,1-2H3,(H,25,27)(H,26,28);2*1H/t17-,18-;;/m0../s1. The highest BCUT2D eigenvalue weighted by Crippen LogP contribution is 2.25. The molecule has 8 nitrogen and oxygen atoms in total. The van der Waals surface area contributed by atoms with Crippen LogP contribution in [-0.4, -0.2) is 31.6 Å². The average molecular weight is 406 g/mol. The van der Waals surface area contributed by atoms with Crippen LogP contribution in [0.4, 0.5) is 11.6 Å². The maximum Gasteiger partial charge on any atom is 0.255 e. The Bertz CT molecular complexity index is 1160. The Morgan fingerprint density at radius 3 is 2.47 bits per heavy atom. The maximum absolute atomic E-state index is 12.1. The van der Waals surface area contributed by atoms with Crippen LogP contribution < -0.4 is 16.2 Å². The van der Waals surface area contributed by atoms with Crippen molar-refractivity contribution in [2.75, 3.05) is 10.6 Å². The number of hydrogen-bond acceptors (Lipinski definition) is 7. The van der Waals surface area contributed by atoms with Crippen LogP contribution in [0.25, 0.3) is 5.69 Å². The summed E-state index contributed by atoms with van der Waals surface area (Å²) in [4.78, 5) is 25.4. The summed E-state index contributed by atoms with van der Waals surface area (Å²) < 4.78 is 1.43. The van der Waals surface area contributed by atoms with Crippen molar-refractivity contribution in [1.82, 2.24) is 19.5 Å². The van der Waals surface area contributed by atoms with E-state index in [1.807, 2.05) is 32.0 Å². The first-order chi connectivity index (χ1) is 14.5. The fourth-order valence-electron chi connectivity index (χ4n) is 3.64. The summed E-state index contributed by atoms with van der Waals surface area (Å²) >= 11 is 0. The molecule has 2 atom stereocenters. The van der Waals surface area contributed by atoms with Gasteiger partial charge in [-0.05, 0) is 51.3 Å². The van der Waals surface area contributed by atoms with Crippen molar-refractivity contribution in [2.45, 2.75) is 45.2 Å². The summed E-state index contributed by atoms with van der Waals surface area (Å²) in [5.41, 5.74) is 2.74. The summed E-state index contributed by atoms with van der Waals surface area (Å²) in [6, 6.07) is 9.27. The van der Waals surface area contributed by atoms with Crippen LogP contribution in [0.1, 0.15) is 39.1 Å². The molecule has 156 valence electrons. The van der Waals surface area contributed by atoms with Crippen LogP contribution >= 0.6 is 0 Å². The Labute approximate surface area is 177 Å². The molecule has 0 bridgehead atoms. The van der Waals surface area contributed by atoms with Gasteiger partial charge in [0.2, 0.25) is 0 Å². The van der Waals surface area contributed by atoms with Crippen LogP contribution in [0.15, 0.2) is 47.7 Å². The summed E-state index contributed by atoms with van der Waals surface area (Å²) in [6.07, 6.45) is 7.98. The molecule has 3 aromatic rings. The maximum atomic E-state index is 12.1. The lowest BCUT2D eigenvalue weighted by Gasteiger charge is -2.16. The van der Waals surface area contributed by atoms with E-state index in [0.29, 0.717) is 23.3 Å². The zero-order valence-corrected chi connectivity index (χ0v) is 17.0. The smallest absolute Gasteiger partial charge is 0.255 e. The summed E-state index contributed by atoms with van der Waals surface area (Å²) in [7, 11) is 0. The van der Waals surface area contributed by atoms with Crippen molar-refractivity contribution in [3.05, 3.63) is 70.2 Å². The monoisotopic (exact) mass is 405 g/mol. The van der Waals surface area contributed by atoms with Gasteiger partial charge in [-0.2, -0.15) is 5.26 Å². The topological polar surface area (TPSA) is 109 Å². The zero-order chi connectivity index (χ0) is 21.1. The van der Waals surface area contributed by atoms with Crippen LogP contribution in [0, 0.1) is 25.2 Å². The Morgan fingerprint density at radius 2 is 1.80 bits per heavy atom. The number of hydrogen-bond donors (Lipinski definition) is 2. The van der Waals surface area contributed by atoms with E-state index in [4.69, 9.17) is 5.26 Å². The van der Waals surface area contributed by atoms with Crippen LogP contribution in [0.2, 0.25) is 0 Å². The van der Waals surface area contributed by atoms with E-state index in [9.17, 15) is 4.79 Å². The van der Waals surface area contributed by atoms with Gasteiger partial charge in [0.05, 0.1) is 35.0 Å². The molecule has 0 spiro atoms. The van der Waals surface area contributed by atoms with Gasteiger partial charge in [-0.1, -0.05) is 0 Å². The number of aromatic nitrogens is 4. The third-order valence-corrected chi connectivity index (χ3v) is 5.40. The van der Waals surface area contributed by atoms with E-state index in [0.717, 1.165) is 42.3 Å². The predicted octanol–water partition coefficient (Wildman–Crippen LogP) is 3.45. The summed E-state index contributed by atoms with van der Waals surface area (Å²) in [6.45, 7) is 3.92. The van der Waals surface area contributed by atoms with Crippen molar-refractivity contribution in [3.8, 4) is 11.8 Å². The normalized spacial score (nSPS) is 18.0. The molecular weight excluding hydrogens is 378 g/mol. The van der Waals surface area contributed by atoms with Crippen molar-refractivity contribution in [2.24, 2.45) is 0 Å². The zero-order valence-electron chi connectivity index (χ0n) is 17.0. The second-order valence-electron chi connectivity index (χ2n) is 7.56. The third kappa shape index (κ3) is 4.30. The van der Waals surface area contributed by atoms with Gasteiger partial charge < -0.3 is 10.6 Å². The van der Waals surface area contributed by atoms with E-state index in [1.54, 1.807) is 12.4 Å². The Balaban J connectivity index is 0.00000181. The first kappa shape index (κ1) is 19.6. The lowest BCUT2D eigenvalue weighted by Crippen LogP contribution is -2.22. The molecule has 0 radical (unpaired) electrons. The van der Waals surface area contributed by atoms with Crippen molar-refractivity contribution in [3.63, 3.8) is 0 Å². The quantitative estimate of drug-likeness (QED) is 0.669. The van der Waals surface area contributed by atoms with Crippen LogP contribution in [-0.2, 0) is 0 Å². The minimum atomic E-state index is -0.198. The van der Waals surface area contributed by atoms with E-state index in [2.05, 4.69) is 25.6 Å². The van der Waals surface area contributed by atoms with Gasteiger partial charge in [0.1, 0.15) is 17.7 Å². The first-order valence-electron chi connectivity index (χ1n) is 9.94. The van der Waals surface area contributed by atoms with E-state index in [-0.39, 0.29) is 8.41 Å². The lowest BCUT2D eigenvalue weighted by atomic mass is 10.2. The highest BCUT2D eigenvalue weighted by Gasteiger charge is 2.25. The van der Waals surface area contributed by atoms with E-state index < -0.39 is 0 Å². The Kier molecular flexibility index (Phi) is 5.44. The molecule has 8 heteroatoms. The Hall–Kier alpha value is -3.73. The largest absolute Gasteiger partial charge is 0.367 e. The predicted molar refractivity (Wildman–Crippen MR) is 119 cm³/mol. The second kappa shape index (κ2) is 8.33. The number of rotatable bonds is 5. The molecule has 30 heavy (non-hydrogen) atoms. The van der Waals surface area contributed by atoms with Crippen LogP contribution in [0.5, 0.6) is 0 Å². The molecule has 0 aliphatic heterocycles. The van der Waals surface area contributed by atoms with Gasteiger partial charge in [0, 0.05) is 27.2 Å². The lowest BCUT2D eigenvalue weighted by molar-refractivity contribution is 0.718. The van der Waals surface area contributed by atoms with Gasteiger partial charge in [0.25, 0.3) is 5.56 Å². The molecule has 4 rings (SSSR count). The second-order valence-corrected chi connectivity index (χ2v) is 7.56. The molecule has 1 fully saturated rings. The van der Waals surface area contributed by atoms with Gasteiger partial charge in [-0.3, -0.25) is 14.3 Å². The number of anilines is 2.